The maximum Gasteiger partial charge on any atom is 0.277 e. The van der Waals surface area contributed by atoms with Gasteiger partial charge in [-0.3, -0.25) is 20.4 Å². The highest BCUT2D eigenvalue weighted by molar-refractivity contribution is 7.99. The normalized spacial score (nSPS) is 10.4. The van der Waals surface area contributed by atoms with Gasteiger partial charge in [-0.1, -0.05) is 47.1 Å². The number of nitrogens with one attached hydrogen (secondary N) is 2. The van der Waals surface area contributed by atoms with Crippen LogP contribution in [0, 0.1) is 0 Å². The van der Waals surface area contributed by atoms with Crippen LogP contribution in [0.25, 0.3) is 11.5 Å². The van der Waals surface area contributed by atoms with Gasteiger partial charge in [0.2, 0.25) is 11.8 Å². The van der Waals surface area contributed by atoms with Gasteiger partial charge in [-0.25, -0.2) is 0 Å². The molecule has 3 rings (SSSR count). The molecule has 150 valence electrons. The predicted octanol–water partition coefficient (Wildman–Crippen LogP) is 3.36. The van der Waals surface area contributed by atoms with Crippen molar-refractivity contribution >= 4 is 46.8 Å². The maximum atomic E-state index is 11.9. The Labute approximate surface area is 179 Å². The van der Waals surface area contributed by atoms with E-state index in [-0.39, 0.29) is 23.5 Å². The summed E-state index contributed by atoms with van der Waals surface area (Å²) in [5.74, 6) is -0.268. The Hall–Kier alpha value is -2.75. The molecule has 0 spiro atoms. The molecule has 3 aromatic rings. The summed E-state index contributed by atoms with van der Waals surface area (Å²) < 4.78 is 10.7. The molecule has 0 radical (unpaired) electrons. The van der Waals surface area contributed by atoms with Crippen LogP contribution in [-0.4, -0.2) is 34.4 Å². The van der Waals surface area contributed by atoms with Crippen molar-refractivity contribution in [3.8, 4) is 17.2 Å². The summed E-state index contributed by atoms with van der Waals surface area (Å²) in [6.45, 7) is -0.264. The van der Waals surface area contributed by atoms with Crippen molar-refractivity contribution in [2.24, 2.45) is 0 Å². The number of hydrogen-bond acceptors (Lipinski definition) is 7. The number of amides is 2. The molecule has 0 atom stereocenters. The molecule has 0 aliphatic heterocycles. The largest absolute Gasteiger partial charge is 0.484 e. The second-order valence-corrected chi connectivity index (χ2v) is 7.25. The zero-order valence-corrected chi connectivity index (χ0v) is 17.1. The number of carbonyl (C=O) groups excluding carboxylic acids is 2. The van der Waals surface area contributed by atoms with Crippen molar-refractivity contribution in [3.05, 3.63) is 58.6 Å². The van der Waals surface area contributed by atoms with E-state index < -0.39 is 11.8 Å². The van der Waals surface area contributed by atoms with Crippen LogP contribution in [-0.2, 0) is 9.59 Å². The Kier molecular flexibility index (Phi) is 7.34. The summed E-state index contributed by atoms with van der Waals surface area (Å²) >= 11 is 12.9. The first-order chi connectivity index (χ1) is 14.0. The number of ether oxygens (including phenoxy) is 1. The van der Waals surface area contributed by atoms with E-state index in [1.54, 1.807) is 48.5 Å². The summed E-state index contributed by atoms with van der Waals surface area (Å²) in [7, 11) is 0. The number of carbonyl (C=O) groups is 2. The molecule has 29 heavy (non-hydrogen) atoms. The number of rotatable bonds is 7. The van der Waals surface area contributed by atoms with Gasteiger partial charge in [0.15, 0.2) is 6.61 Å². The van der Waals surface area contributed by atoms with Crippen molar-refractivity contribution in [2.75, 3.05) is 12.4 Å². The van der Waals surface area contributed by atoms with Crippen LogP contribution < -0.4 is 15.6 Å². The summed E-state index contributed by atoms with van der Waals surface area (Å²) in [6, 6.07) is 13.6. The number of thioether (sulfide) groups is 1. The highest BCUT2D eigenvalue weighted by atomic mass is 35.5. The highest BCUT2D eigenvalue weighted by Gasteiger charge is 2.13. The summed E-state index contributed by atoms with van der Waals surface area (Å²) in [5.41, 5.74) is 5.13. The maximum absolute atomic E-state index is 11.9. The fourth-order valence-corrected chi connectivity index (χ4v) is 2.94. The minimum Gasteiger partial charge on any atom is -0.484 e. The Balaban J connectivity index is 1.39. The third-order valence-corrected chi connectivity index (χ3v) is 4.76. The van der Waals surface area contributed by atoms with E-state index >= 15 is 0 Å². The fourth-order valence-electron chi connectivity index (χ4n) is 2.03. The van der Waals surface area contributed by atoms with Crippen molar-refractivity contribution in [1.82, 2.24) is 21.0 Å². The first-order valence-corrected chi connectivity index (χ1v) is 9.92. The van der Waals surface area contributed by atoms with Gasteiger partial charge >= 0.3 is 0 Å². The number of halogens is 2. The minimum absolute atomic E-state index is 0.0392. The van der Waals surface area contributed by atoms with Crippen LogP contribution in [0.1, 0.15) is 0 Å². The average Bonchev–Trinajstić information content (AvgIpc) is 3.19. The lowest BCUT2D eigenvalue weighted by Crippen LogP contribution is -2.44. The minimum atomic E-state index is -0.517. The molecule has 1 aromatic heterocycles. The van der Waals surface area contributed by atoms with Gasteiger partial charge in [0.05, 0.1) is 16.3 Å². The standard InChI is InChI=1S/C18H14Cl2N4O4S/c19-11-5-7-12(8-6-11)27-9-15(25)21-22-16(26)10-29-18-24-23-17(28-18)13-3-1-2-4-14(13)20/h1-8H,9-10H2,(H,21,25)(H,22,26). The van der Waals surface area contributed by atoms with Gasteiger partial charge in [-0.2, -0.15) is 0 Å². The molecule has 0 aliphatic rings. The molecule has 0 fully saturated rings. The van der Waals surface area contributed by atoms with Gasteiger partial charge < -0.3 is 9.15 Å². The second-order valence-electron chi connectivity index (χ2n) is 5.48. The van der Waals surface area contributed by atoms with Gasteiger partial charge in [0.25, 0.3) is 11.1 Å². The zero-order valence-electron chi connectivity index (χ0n) is 14.7. The first kappa shape index (κ1) is 21.0. The van der Waals surface area contributed by atoms with Crippen molar-refractivity contribution in [1.29, 1.82) is 0 Å². The Morgan fingerprint density at radius 2 is 1.72 bits per heavy atom. The number of hydrogen-bond donors (Lipinski definition) is 2. The molecule has 1 heterocycles. The highest BCUT2D eigenvalue weighted by Crippen LogP contribution is 2.28. The molecule has 2 N–H and O–H groups in total. The predicted molar refractivity (Wildman–Crippen MR) is 109 cm³/mol. The van der Waals surface area contributed by atoms with Gasteiger partial charge in [-0.05, 0) is 36.4 Å². The van der Waals surface area contributed by atoms with Crippen LogP contribution >= 0.6 is 35.0 Å². The molecule has 0 unspecified atom stereocenters. The quantitative estimate of drug-likeness (QED) is 0.417. The van der Waals surface area contributed by atoms with Gasteiger partial charge in [0, 0.05) is 5.02 Å². The number of nitrogens with zero attached hydrogens (tertiary/aromatic N) is 2. The average molecular weight is 453 g/mol. The molecule has 0 bridgehead atoms. The summed E-state index contributed by atoms with van der Waals surface area (Å²) in [5, 5.41) is 9.01. The van der Waals surface area contributed by atoms with Crippen molar-refractivity contribution in [2.45, 2.75) is 5.22 Å². The smallest absolute Gasteiger partial charge is 0.277 e. The Bertz CT molecular complexity index is 998. The van der Waals surface area contributed by atoms with Crippen molar-refractivity contribution < 1.29 is 18.7 Å². The lowest BCUT2D eigenvalue weighted by Gasteiger charge is -2.08. The monoisotopic (exact) mass is 452 g/mol. The number of aromatic nitrogens is 2. The van der Waals surface area contributed by atoms with Crippen LogP contribution in [0.3, 0.4) is 0 Å². The van der Waals surface area contributed by atoms with Gasteiger partial charge in [0.1, 0.15) is 5.75 Å². The lowest BCUT2D eigenvalue weighted by atomic mass is 10.2. The topological polar surface area (TPSA) is 106 Å². The molecule has 0 saturated heterocycles. The van der Waals surface area contributed by atoms with E-state index in [9.17, 15) is 9.59 Å². The molecule has 0 saturated carbocycles. The van der Waals surface area contributed by atoms with Crippen molar-refractivity contribution in [3.63, 3.8) is 0 Å². The van der Waals surface area contributed by atoms with Gasteiger partial charge in [-0.15, -0.1) is 10.2 Å². The zero-order chi connectivity index (χ0) is 20.6. The SMILES string of the molecule is O=C(COc1ccc(Cl)cc1)NNC(=O)CSc1nnc(-c2ccccc2Cl)o1. The van der Waals surface area contributed by atoms with E-state index in [0.717, 1.165) is 11.8 Å². The van der Waals surface area contributed by atoms with Crippen LogP contribution in [0.15, 0.2) is 58.2 Å². The Morgan fingerprint density at radius 1 is 1.00 bits per heavy atom. The van der Waals surface area contributed by atoms with Crippen LogP contribution in [0.2, 0.25) is 10.0 Å². The summed E-state index contributed by atoms with van der Waals surface area (Å²) in [6.07, 6.45) is 0. The van der Waals surface area contributed by atoms with Crippen LogP contribution in [0.4, 0.5) is 0 Å². The third kappa shape index (κ3) is 6.38. The number of benzene rings is 2. The summed E-state index contributed by atoms with van der Waals surface area (Å²) in [4.78, 5) is 23.6. The van der Waals surface area contributed by atoms with Crippen LogP contribution in [0.5, 0.6) is 5.75 Å². The van der Waals surface area contributed by atoms with E-state index in [4.69, 9.17) is 32.4 Å². The molecule has 8 nitrogen and oxygen atoms in total. The fraction of sp³-hybridized carbons (Fsp3) is 0.111. The van der Waals surface area contributed by atoms with E-state index in [2.05, 4.69) is 21.0 Å². The van der Waals surface area contributed by atoms with E-state index in [1.165, 1.54) is 0 Å². The molecular formula is C18H14Cl2N4O4S. The van der Waals surface area contributed by atoms with E-state index in [0.29, 0.717) is 21.4 Å². The first-order valence-electron chi connectivity index (χ1n) is 8.18. The lowest BCUT2D eigenvalue weighted by molar-refractivity contribution is -0.128. The Morgan fingerprint density at radius 3 is 2.48 bits per heavy atom. The molecule has 2 aromatic carbocycles. The molecule has 0 aliphatic carbocycles. The molecule has 11 heteroatoms. The van der Waals surface area contributed by atoms with E-state index in [1.807, 2.05) is 0 Å². The second kappa shape index (κ2) is 10.1. The number of hydrazine groups is 1. The molecule has 2 amide bonds. The molecular weight excluding hydrogens is 439 g/mol. The third-order valence-electron chi connectivity index (χ3n) is 3.36.